The van der Waals surface area contributed by atoms with Crippen LogP contribution in [0.4, 0.5) is 0 Å². The molecule has 0 saturated heterocycles. The molecule has 0 bridgehead atoms. The Morgan fingerprint density at radius 2 is 1.42 bits per heavy atom. The van der Waals surface area contributed by atoms with Crippen LogP contribution < -0.4 is 0 Å². The van der Waals surface area contributed by atoms with E-state index in [0.717, 1.165) is 12.3 Å². The van der Waals surface area contributed by atoms with Crippen LogP contribution in [-0.2, 0) is 13.3 Å². The van der Waals surface area contributed by atoms with Gasteiger partial charge in [-0.3, -0.25) is 0 Å². The maximum absolute atomic E-state index is 5.72. The first-order chi connectivity index (χ1) is 9.26. The lowest BCUT2D eigenvalue weighted by Crippen LogP contribution is -2.45. The fourth-order valence-electron chi connectivity index (χ4n) is 2.50. The zero-order valence-electron chi connectivity index (χ0n) is 12.7. The molecule has 110 valence electrons. The Bertz CT molecular complexity index is 272. The molecule has 0 amide bonds. The maximum atomic E-state index is 5.72. The molecule has 0 aromatic heterocycles. The van der Waals surface area contributed by atoms with Gasteiger partial charge in [-0.05, 0) is 45.1 Å². The quantitative estimate of drug-likeness (QED) is 0.528. The van der Waals surface area contributed by atoms with Gasteiger partial charge in [-0.15, -0.1) is 5.92 Å². The van der Waals surface area contributed by atoms with Gasteiger partial charge in [-0.2, -0.15) is 0 Å². The highest BCUT2D eigenvalue weighted by Gasteiger charge is 2.39. The minimum Gasteiger partial charge on any atom is -0.364 e. The van der Waals surface area contributed by atoms with Crippen LogP contribution in [0.5, 0.6) is 0 Å². The van der Waals surface area contributed by atoms with Gasteiger partial charge in [0.15, 0.2) is 0 Å². The third-order valence-corrected chi connectivity index (χ3v) is 5.85. The fourth-order valence-corrected chi connectivity index (χ4v) is 4.42. The molecule has 0 atom stereocenters. The Hall–Kier alpha value is -0.343. The van der Waals surface area contributed by atoms with E-state index in [1.807, 2.05) is 20.8 Å². The van der Waals surface area contributed by atoms with Crippen LogP contribution >= 0.6 is 0 Å². The Kier molecular flexibility index (Phi) is 8.39. The summed E-state index contributed by atoms with van der Waals surface area (Å²) in [5.41, 5.74) is 3.21. The van der Waals surface area contributed by atoms with Gasteiger partial charge in [0.25, 0.3) is 0 Å². The van der Waals surface area contributed by atoms with E-state index in [2.05, 4.69) is 11.5 Å². The van der Waals surface area contributed by atoms with Crippen LogP contribution in [0.1, 0.15) is 59.3 Å². The summed E-state index contributed by atoms with van der Waals surface area (Å²) < 4.78 is 17.2. The highest BCUT2D eigenvalue weighted by atomic mass is 28.4. The third-order valence-electron chi connectivity index (χ3n) is 3.36. The molecule has 1 fully saturated rings. The zero-order valence-corrected chi connectivity index (χ0v) is 13.7. The van der Waals surface area contributed by atoms with Crippen molar-refractivity contribution in [3.63, 3.8) is 0 Å². The largest absolute Gasteiger partial charge is 0.591 e. The van der Waals surface area contributed by atoms with E-state index in [1.165, 1.54) is 32.1 Å². The Morgan fingerprint density at radius 3 is 1.89 bits per heavy atom. The lowest BCUT2D eigenvalue weighted by molar-refractivity contribution is 0.0870. The maximum Gasteiger partial charge on any atom is 0.591 e. The Morgan fingerprint density at radius 1 is 0.895 bits per heavy atom. The first kappa shape index (κ1) is 16.7. The molecular formula is C15H28O3Si. The van der Waals surface area contributed by atoms with Gasteiger partial charge >= 0.3 is 8.80 Å². The van der Waals surface area contributed by atoms with E-state index in [-0.39, 0.29) is 0 Å². The van der Waals surface area contributed by atoms with Crippen molar-refractivity contribution < 1.29 is 13.3 Å². The minimum atomic E-state index is -2.74. The zero-order chi connectivity index (χ0) is 14.0. The summed E-state index contributed by atoms with van der Waals surface area (Å²) >= 11 is 0. The summed E-state index contributed by atoms with van der Waals surface area (Å²) in [6.07, 6.45) is 7.71. The standard InChI is InChI=1S/C15H28O3Si/c1-4-16-19(17-5-2,18-6-3)14-10-13-15-11-8-7-9-12-15/h15H,4-9,11-13H2,1-3H3. The average molecular weight is 284 g/mol. The number of hydrogen-bond donors (Lipinski definition) is 0. The second-order valence-electron chi connectivity index (χ2n) is 4.87. The summed E-state index contributed by atoms with van der Waals surface area (Å²) in [6, 6.07) is 0. The first-order valence-electron chi connectivity index (χ1n) is 7.68. The molecular weight excluding hydrogens is 256 g/mol. The fraction of sp³-hybridized carbons (Fsp3) is 0.867. The number of rotatable bonds is 7. The van der Waals surface area contributed by atoms with Crippen molar-refractivity contribution in [2.24, 2.45) is 5.92 Å². The van der Waals surface area contributed by atoms with Crippen LogP contribution in [-0.4, -0.2) is 28.6 Å². The number of hydrogen-bond acceptors (Lipinski definition) is 3. The molecule has 0 heterocycles. The summed E-state index contributed by atoms with van der Waals surface area (Å²) in [4.78, 5) is 0. The average Bonchev–Trinajstić information content (AvgIpc) is 2.41. The molecule has 0 aliphatic heterocycles. The second-order valence-corrected chi connectivity index (χ2v) is 7.09. The van der Waals surface area contributed by atoms with E-state index in [1.54, 1.807) is 0 Å². The van der Waals surface area contributed by atoms with Gasteiger partial charge in [-0.25, -0.2) is 0 Å². The van der Waals surface area contributed by atoms with Crippen LogP contribution in [0, 0.1) is 17.4 Å². The SMILES string of the molecule is CCO[Si](C#CCC1CCCCC1)(OCC)OCC. The Balaban J connectivity index is 2.58. The molecule has 0 aromatic rings. The summed E-state index contributed by atoms with van der Waals surface area (Å²) in [7, 11) is -2.74. The highest BCUT2D eigenvalue weighted by molar-refractivity contribution is 6.69. The summed E-state index contributed by atoms with van der Waals surface area (Å²) in [6.45, 7) is 7.65. The van der Waals surface area contributed by atoms with Crippen molar-refractivity contribution in [3.8, 4) is 11.5 Å². The molecule has 0 aromatic carbocycles. The monoisotopic (exact) mass is 284 g/mol. The van der Waals surface area contributed by atoms with Crippen LogP contribution in [0.25, 0.3) is 0 Å². The van der Waals surface area contributed by atoms with Crippen molar-refractivity contribution in [3.05, 3.63) is 0 Å². The third kappa shape index (κ3) is 6.09. The molecule has 1 saturated carbocycles. The van der Waals surface area contributed by atoms with Crippen LogP contribution in [0.3, 0.4) is 0 Å². The smallest absolute Gasteiger partial charge is 0.364 e. The lowest BCUT2D eigenvalue weighted by Gasteiger charge is -2.23. The van der Waals surface area contributed by atoms with Crippen molar-refractivity contribution in [1.82, 2.24) is 0 Å². The van der Waals surface area contributed by atoms with Gasteiger partial charge in [-0.1, -0.05) is 19.3 Å². The minimum absolute atomic E-state index is 0.588. The van der Waals surface area contributed by atoms with E-state index >= 15 is 0 Å². The lowest BCUT2D eigenvalue weighted by atomic mass is 9.87. The van der Waals surface area contributed by atoms with Crippen LogP contribution in [0.2, 0.25) is 0 Å². The predicted octanol–water partition coefficient (Wildman–Crippen LogP) is 3.55. The van der Waals surface area contributed by atoms with Gasteiger partial charge in [0, 0.05) is 26.2 Å². The second kappa shape index (κ2) is 9.54. The van der Waals surface area contributed by atoms with Gasteiger partial charge in [0.1, 0.15) is 0 Å². The molecule has 1 aliphatic carbocycles. The van der Waals surface area contributed by atoms with Crippen molar-refractivity contribution in [2.75, 3.05) is 19.8 Å². The molecule has 0 unspecified atom stereocenters. The van der Waals surface area contributed by atoms with E-state index in [4.69, 9.17) is 13.3 Å². The van der Waals surface area contributed by atoms with Crippen molar-refractivity contribution in [1.29, 1.82) is 0 Å². The van der Waals surface area contributed by atoms with E-state index < -0.39 is 8.80 Å². The Labute approximate surface area is 119 Å². The van der Waals surface area contributed by atoms with Crippen LogP contribution in [0.15, 0.2) is 0 Å². The first-order valence-corrected chi connectivity index (χ1v) is 9.40. The summed E-state index contributed by atoms with van der Waals surface area (Å²) in [5.74, 6) is 4.05. The predicted molar refractivity (Wildman–Crippen MR) is 79.6 cm³/mol. The molecule has 19 heavy (non-hydrogen) atoms. The molecule has 0 N–H and O–H groups in total. The summed E-state index contributed by atoms with van der Waals surface area (Å²) in [5, 5.41) is 0. The molecule has 0 spiro atoms. The normalized spacial score (nSPS) is 17.0. The van der Waals surface area contributed by atoms with Gasteiger partial charge in [0.05, 0.1) is 0 Å². The van der Waals surface area contributed by atoms with Crippen molar-refractivity contribution in [2.45, 2.75) is 59.3 Å². The van der Waals surface area contributed by atoms with Crippen molar-refractivity contribution >= 4 is 8.80 Å². The molecule has 0 radical (unpaired) electrons. The van der Waals surface area contributed by atoms with Gasteiger partial charge in [0.2, 0.25) is 0 Å². The van der Waals surface area contributed by atoms with Gasteiger partial charge < -0.3 is 13.3 Å². The molecule has 1 rings (SSSR count). The molecule has 3 nitrogen and oxygen atoms in total. The van der Waals surface area contributed by atoms with E-state index in [9.17, 15) is 0 Å². The molecule has 4 heteroatoms. The van der Waals surface area contributed by atoms with E-state index in [0.29, 0.717) is 19.8 Å². The molecule has 1 aliphatic rings. The topological polar surface area (TPSA) is 27.7 Å². The highest BCUT2D eigenvalue weighted by Crippen LogP contribution is 2.25.